The molecule has 0 unspecified atom stereocenters. The third kappa shape index (κ3) is 5.87. The number of halogens is 2. The highest BCUT2D eigenvalue weighted by atomic mass is 35.5. The molecule has 1 saturated heterocycles. The first-order chi connectivity index (χ1) is 11.4. The monoisotopic (exact) mass is 384 g/mol. The van der Waals surface area contributed by atoms with Crippen LogP contribution in [-0.2, 0) is 11.2 Å². The highest BCUT2D eigenvalue weighted by molar-refractivity contribution is 6.30. The SMILES string of the molecule is CC(C)(Cc1cccc(Cl)c1)C(=O)N1CCC(NCC2CC2)CC1.Cl. The number of likely N-dealkylation sites (tertiary alicyclic amines) is 1. The van der Waals surface area contributed by atoms with E-state index < -0.39 is 0 Å². The highest BCUT2D eigenvalue weighted by Crippen LogP contribution is 2.29. The molecule has 0 aromatic heterocycles. The summed E-state index contributed by atoms with van der Waals surface area (Å²) in [6.07, 6.45) is 5.66. The standard InChI is InChI=1S/C20H29ClN2O.ClH/c1-20(2,13-16-4-3-5-17(21)12-16)19(24)23-10-8-18(9-11-23)22-14-15-6-7-15;/h3-5,12,15,18,22H,6-11,13-14H2,1-2H3;1H. The van der Waals surface area contributed by atoms with E-state index >= 15 is 0 Å². The van der Waals surface area contributed by atoms with Crippen molar-refractivity contribution in [2.24, 2.45) is 11.3 Å². The van der Waals surface area contributed by atoms with E-state index in [2.05, 4.69) is 16.3 Å². The molecule has 1 heterocycles. The first-order valence-electron chi connectivity index (χ1n) is 9.21. The van der Waals surface area contributed by atoms with E-state index in [9.17, 15) is 4.79 Å². The second-order valence-electron chi connectivity index (χ2n) is 8.11. The van der Waals surface area contributed by atoms with Crippen LogP contribution in [0.1, 0.15) is 45.1 Å². The summed E-state index contributed by atoms with van der Waals surface area (Å²) in [5.74, 6) is 1.18. The molecule has 1 aliphatic carbocycles. The van der Waals surface area contributed by atoms with Gasteiger partial charge in [-0.2, -0.15) is 0 Å². The minimum Gasteiger partial charge on any atom is -0.342 e. The number of hydrogen-bond acceptors (Lipinski definition) is 2. The number of carbonyl (C=O) groups excluding carboxylic acids is 1. The smallest absolute Gasteiger partial charge is 0.228 e. The second-order valence-corrected chi connectivity index (χ2v) is 8.55. The average Bonchev–Trinajstić information content (AvgIpc) is 3.37. The lowest BCUT2D eigenvalue weighted by atomic mass is 9.83. The molecule has 1 aromatic carbocycles. The maximum atomic E-state index is 13.0. The topological polar surface area (TPSA) is 32.3 Å². The van der Waals surface area contributed by atoms with Gasteiger partial charge in [0, 0.05) is 29.6 Å². The molecule has 0 spiro atoms. The molecule has 1 amide bonds. The summed E-state index contributed by atoms with van der Waals surface area (Å²) in [6.45, 7) is 7.01. The third-order valence-electron chi connectivity index (χ3n) is 5.29. The Morgan fingerprint density at radius 1 is 1.24 bits per heavy atom. The van der Waals surface area contributed by atoms with Crippen LogP contribution in [0.3, 0.4) is 0 Å². The molecule has 2 aliphatic rings. The van der Waals surface area contributed by atoms with E-state index in [1.54, 1.807) is 0 Å². The lowest BCUT2D eigenvalue weighted by molar-refractivity contribution is -0.141. The number of nitrogens with one attached hydrogen (secondary N) is 1. The van der Waals surface area contributed by atoms with E-state index in [4.69, 9.17) is 11.6 Å². The lowest BCUT2D eigenvalue weighted by Crippen LogP contribution is -2.49. The van der Waals surface area contributed by atoms with E-state index in [0.29, 0.717) is 6.04 Å². The summed E-state index contributed by atoms with van der Waals surface area (Å²) >= 11 is 6.07. The Bertz CT molecular complexity index is 579. The zero-order chi connectivity index (χ0) is 17.2. The Labute approximate surface area is 162 Å². The number of benzene rings is 1. The molecule has 3 nitrogen and oxygen atoms in total. The van der Waals surface area contributed by atoms with Crippen LogP contribution in [0.15, 0.2) is 24.3 Å². The fraction of sp³-hybridized carbons (Fsp3) is 0.650. The molecule has 1 aliphatic heterocycles. The molecule has 5 heteroatoms. The van der Waals surface area contributed by atoms with Crippen molar-refractivity contribution in [1.29, 1.82) is 0 Å². The average molecular weight is 385 g/mol. The van der Waals surface area contributed by atoms with Gasteiger partial charge in [0.15, 0.2) is 0 Å². The fourth-order valence-corrected chi connectivity index (χ4v) is 3.82. The van der Waals surface area contributed by atoms with Gasteiger partial charge in [-0.3, -0.25) is 4.79 Å². The molecule has 1 aromatic rings. The van der Waals surface area contributed by atoms with Gasteiger partial charge >= 0.3 is 0 Å². The van der Waals surface area contributed by atoms with Gasteiger partial charge in [-0.25, -0.2) is 0 Å². The van der Waals surface area contributed by atoms with E-state index in [0.717, 1.165) is 48.9 Å². The predicted octanol–water partition coefficient (Wildman–Crippen LogP) is 4.32. The first kappa shape index (κ1) is 20.5. The summed E-state index contributed by atoms with van der Waals surface area (Å²) in [6, 6.07) is 8.43. The van der Waals surface area contributed by atoms with Crippen LogP contribution in [0.25, 0.3) is 0 Å². The Kier molecular flexibility index (Phi) is 7.19. The molecule has 3 rings (SSSR count). The van der Waals surface area contributed by atoms with Crippen LogP contribution in [-0.4, -0.2) is 36.5 Å². The molecule has 25 heavy (non-hydrogen) atoms. The highest BCUT2D eigenvalue weighted by Gasteiger charge is 2.34. The van der Waals surface area contributed by atoms with Crippen molar-refractivity contribution in [3.63, 3.8) is 0 Å². The zero-order valence-corrected chi connectivity index (χ0v) is 16.8. The maximum absolute atomic E-state index is 13.0. The van der Waals surface area contributed by atoms with Gasteiger partial charge in [0.05, 0.1) is 0 Å². The number of nitrogens with zero attached hydrogens (tertiary/aromatic N) is 1. The molecule has 0 bridgehead atoms. The van der Waals surface area contributed by atoms with Crippen molar-refractivity contribution in [2.45, 2.75) is 52.0 Å². The van der Waals surface area contributed by atoms with Crippen molar-refractivity contribution in [3.8, 4) is 0 Å². The van der Waals surface area contributed by atoms with E-state index in [1.807, 2.05) is 32.0 Å². The molecular weight excluding hydrogens is 355 g/mol. The molecule has 1 saturated carbocycles. The first-order valence-corrected chi connectivity index (χ1v) is 9.59. The van der Waals surface area contributed by atoms with Gasteiger partial charge in [0.25, 0.3) is 0 Å². The zero-order valence-electron chi connectivity index (χ0n) is 15.3. The van der Waals surface area contributed by atoms with Gasteiger partial charge in [-0.15, -0.1) is 12.4 Å². The minimum atomic E-state index is -0.390. The van der Waals surface area contributed by atoms with E-state index in [-0.39, 0.29) is 23.7 Å². The van der Waals surface area contributed by atoms with Crippen LogP contribution >= 0.6 is 24.0 Å². The molecule has 0 atom stereocenters. The van der Waals surface area contributed by atoms with Crippen molar-refractivity contribution in [1.82, 2.24) is 10.2 Å². The molecule has 2 fully saturated rings. The van der Waals surface area contributed by atoms with Crippen molar-refractivity contribution >= 4 is 29.9 Å². The number of carbonyl (C=O) groups is 1. The Morgan fingerprint density at radius 2 is 1.92 bits per heavy atom. The van der Waals surface area contributed by atoms with Crippen LogP contribution in [0.5, 0.6) is 0 Å². The minimum absolute atomic E-state index is 0. The van der Waals surface area contributed by atoms with Crippen LogP contribution < -0.4 is 5.32 Å². The van der Waals surface area contributed by atoms with Crippen LogP contribution in [0, 0.1) is 11.3 Å². The normalized spacial score (nSPS) is 18.8. The summed E-state index contributed by atoms with van der Waals surface area (Å²) in [5.41, 5.74) is 0.737. The van der Waals surface area contributed by atoms with Crippen LogP contribution in [0.2, 0.25) is 5.02 Å². The molecule has 140 valence electrons. The third-order valence-corrected chi connectivity index (χ3v) is 5.52. The lowest BCUT2D eigenvalue weighted by Gasteiger charge is -2.37. The van der Waals surface area contributed by atoms with Gasteiger partial charge in [-0.1, -0.05) is 37.6 Å². The summed E-state index contributed by atoms with van der Waals surface area (Å²) in [5, 5.41) is 4.41. The van der Waals surface area contributed by atoms with Crippen LogP contribution in [0.4, 0.5) is 0 Å². The largest absolute Gasteiger partial charge is 0.342 e. The molecular formula is C20H30Cl2N2O. The summed E-state index contributed by atoms with van der Waals surface area (Å²) < 4.78 is 0. The van der Waals surface area contributed by atoms with Crippen molar-refractivity contribution in [3.05, 3.63) is 34.9 Å². The van der Waals surface area contributed by atoms with E-state index in [1.165, 1.54) is 19.4 Å². The predicted molar refractivity (Wildman–Crippen MR) is 107 cm³/mol. The summed E-state index contributed by atoms with van der Waals surface area (Å²) in [4.78, 5) is 15.0. The van der Waals surface area contributed by atoms with Crippen molar-refractivity contribution < 1.29 is 4.79 Å². The van der Waals surface area contributed by atoms with Gasteiger partial charge in [-0.05, 0) is 62.3 Å². The number of piperidine rings is 1. The Balaban J connectivity index is 0.00000225. The fourth-order valence-electron chi connectivity index (χ4n) is 3.60. The summed E-state index contributed by atoms with van der Waals surface area (Å²) in [7, 11) is 0. The molecule has 1 N–H and O–H groups in total. The Hall–Kier alpha value is -0.770. The second kappa shape index (κ2) is 8.75. The number of hydrogen-bond donors (Lipinski definition) is 1. The molecule has 0 radical (unpaired) electrons. The maximum Gasteiger partial charge on any atom is 0.228 e. The number of rotatable bonds is 6. The van der Waals surface area contributed by atoms with Crippen molar-refractivity contribution in [2.75, 3.05) is 19.6 Å². The Morgan fingerprint density at radius 3 is 2.52 bits per heavy atom. The number of amides is 1. The quantitative estimate of drug-likeness (QED) is 0.791. The van der Waals surface area contributed by atoms with Gasteiger partial charge in [0.2, 0.25) is 5.91 Å². The van der Waals surface area contributed by atoms with Gasteiger partial charge in [0.1, 0.15) is 0 Å². The van der Waals surface area contributed by atoms with Gasteiger partial charge < -0.3 is 10.2 Å².